The molecule has 0 aliphatic heterocycles. The van der Waals surface area contributed by atoms with Gasteiger partial charge in [0, 0.05) is 11.6 Å². The van der Waals surface area contributed by atoms with Gasteiger partial charge in [-0.2, -0.15) is 0 Å². The molecule has 1 N–H and O–H groups in total. The fourth-order valence-electron chi connectivity index (χ4n) is 2.06. The number of hydrogen-bond donors (Lipinski definition) is 1. The summed E-state index contributed by atoms with van der Waals surface area (Å²) in [5.74, 6) is -1.59. The van der Waals surface area contributed by atoms with Crippen LogP contribution in [0.4, 0.5) is 4.39 Å². The van der Waals surface area contributed by atoms with Crippen molar-refractivity contribution in [1.29, 1.82) is 0 Å². The van der Waals surface area contributed by atoms with Gasteiger partial charge in [0.05, 0.1) is 6.42 Å². The number of ether oxygens (including phenoxy) is 1. The van der Waals surface area contributed by atoms with E-state index < -0.39 is 23.8 Å². The Morgan fingerprint density at radius 3 is 2.42 bits per heavy atom. The zero-order valence-corrected chi connectivity index (χ0v) is 13.8. The zero-order chi connectivity index (χ0) is 17.5. The second-order valence-corrected chi connectivity index (χ2v) is 5.62. The molecule has 0 fully saturated rings. The summed E-state index contributed by atoms with van der Waals surface area (Å²) in [5.41, 5.74) is 0.989. The molecule has 2 aromatic carbocycles. The predicted octanol–water partition coefficient (Wildman–Crippen LogP) is 3.27. The Bertz CT molecular complexity index is 736. The largest absolute Gasteiger partial charge is 0.452 e. The lowest BCUT2D eigenvalue weighted by Crippen LogP contribution is -2.35. The van der Waals surface area contributed by atoms with Gasteiger partial charge in [-0.15, -0.1) is 0 Å². The third-order valence-corrected chi connectivity index (χ3v) is 3.75. The fraction of sp³-hybridized carbons (Fsp3) is 0.222. The summed E-state index contributed by atoms with van der Waals surface area (Å²) in [6.45, 7) is 1.69. The molecule has 2 rings (SSSR count). The lowest BCUT2D eigenvalue weighted by molar-refractivity contribution is -0.154. The van der Waals surface area contributed by atoms with Crippen LogP contribution >= 0.6 is 11.6 Å². The summed E-state index contributed by atoms with van der Waals surface area (Å²) in [4.78, 5) is 23.8. The van der Waals surface area contributed by atoms with Crippen molar-refractivity contribution < 1.29 is 18.7 Å². The van der Waals surface area contributed by atoms with Crippen LogP contribution in [0, 0.1) is 5.82 Å². The van der Waals surface area contributed by atoms with Crippen LogP contribution in [-0.2, 0) is 27.3 Å². The van der Waals surface area contributed by atoms with Crippen molar-refractivity contribution in [2.45, 2.75) is 26.0 Å². The SMILES string of the molecule is C[C@H](OC(=O)Cc1ccccc1F)C(=O)NCc1ccccc1Cl. The fourth-order valence-corrected chi connectivity index (χ4v) is 2.26. The first-order valence-corrected chi connectivity index (χ1v) is 7.79. The van der Waals surface area contributed by atoms with Crippen LogP contribution in [-0.4, -0.2) is 18.0 Å². The Morgan fingerprint density at radius 1 is 1.12 bits per heavy atom. The van der Waals surface area contributed by atoms with Crippen molar-refractivity contribution >= 4 is 23.5 Å². The number of rotatable bonds is 6. The number of amides is 1. The summed E-state index contributed by atoms with van der Waals surface area (Å²) in [5, 5.41) is 3.19. The molecule has 0 saturated heterocycles. The van der Waals surface area contributed by atoms with E-state index >= 15 is 0 Å². The number of hydrogen-bond acceptors (Lipinski definition) is 3. The van der Waals surface area contributed by atoms with E-state index in [-0.39, 0.29) is 18.5 Å². The molecule has 6 heteroatoms. The normalized spacial score (nSPS) is 11.6. The van der Waals surface area contributed by atoms with E-state index in [0.29, 0.717) is 5.02 Å². The summed E-state index contributed by atoms with van der Waals surface area (Å²) < 4.78 is 18.5. The second kappa shape index (κ2) is 8.45. The molecular formula is C18H17ClFNO3. The third kappa shape index (κ3) is 5.06. The van der Waals surface area contributed by atoms with Crippen molar-refractivity contribution in [1.82, 2.24) is 5.32 Å². The minimum absolute atomic E-state index is 0.227. The molecular weight excluding hydrogens is 333 g/mol. The van der Waals surface area contributed by atoms with Crippen LogP contribution in [0.5, 0.6) is 0 Å². The van der Waals surface area contributed by atoms with Gasteiger partial charge in [0.1, 0.15) is 5.82 Å². The maximum Gasteiger partial charge on any atom is 0.311 e. The summed E-state index contributed by atoms with van der Waals surface area (Å²) in [7, 11) is 0. The summed E-state index contributed by atoms with van der Waals surface area (Å²) in [6, 6.07) is 13.0. The Labute approximate surface area is 144 Å². The first-order chi connectivity index (χ1) is 11.5. The van der Waals surface area contributed by atoms with E-state index in [1.165, 1.54) is 25.1 Å². The summed E-state index contributed by atoms with van der Waals surface area (Å²) in [6.07, 6.45) is -1.21. The van der Waals surface area contributed by atoms with Gasteiger partial charge in [0.2, 0.25) is 0 Å². The van der Waals surface area contributed by atoms with Crippen LogP contribution in [0.15, 0.2) is 48.5 Å². The maximum absolute atomic E-state index is 13.5. The number of esters is 1. The van der Waals surface area contributed by atoms with Gasteiger partial charge in [-0.3, -0.25) is 9.59 Å². The van der Waals surface area contributed by atoms with Gasteiger partial charge >= 0.3 is 5.97 Å². The van der Waals surface area contributed by atoms with Crippen molar-refractivity contribution in [3.05, 3.63) is 70.5 Å². The molecule has 0 unspecified atom stereocenters. The van der Waals surface area contributed by atoms with Gasteiger partial charge in [0.15, 0.2) is 6.10 Å². The van der Waals surface area contributed by atoms with E-state index in [9.17, 15) is 14.0 Å². The average Bonchev–Trinajstić information content (AvgIpc) is 2.56. The van der Waals surface area contributed by atoms with Crippen LogP contribution < -0.4 is 5.32 Å². The molecule has 1 amide bonds. The zero-order valence-electron chi connectivity index (χ0n) is 13.1. The molecule has 0 saturated carbocycles. The van der Waals surface area contributed by atoms with Crippen LogP contribution in [0.25, 0.3) is 0 Å². The highest BCUT2D eigenvalue weighted by atomic mass is 35.5. The van der Waals surface area contributed by atoms with Gasteiger partial charge in [-0.1, -0.05) is 48.0 Å². The number of nitrogens with one attached hydrogen (secondary N) is 1. The first-order valence-electron chi connectivity index (χ1n) is 7.41. The molecule has 0 radical (unpaired) electrons. The van der Waals surface area contributed by atoms with Gasteiger partial charge < -0.3 is 10.1 Å². The maximum atomic E-state index is 13.5. The summed E-state index contributed by atoms with van der Waals surface area (Å²) >= 11 is 6.00. The molecule has 0 bridgehead atoms. The molecule has 1 atom stereocenters. The third-order valence-electron chi connectivity index (χ3n) is 3.38. The van der Waals surface area contributed by atoms with Crippen molar-refractivity contribution in [2.75, 3.05) is 0 Å². The second-order valence-electron chi connectivity index (χ2n) is 5.21. The van der Waals surface area contributed by atoms with E-state index in [2.05, 4.69) is 5.32 Å². The molecule has 0 aromatic heterocycles. The van der Waals surface area contributed by atoms with Crippen LogP contribution in [0.2, 0.25) is 5.02 Å². The van der Waals surface area contributed by atoms with Crippen molar-refractivity contribution in [3.8, 4) is 0 Å². The Hall–Kier alpha value is -2.40. The lowest BCUT2D eigenvalue weighted by atomic mass is 10.1. The topological polar surface area (TPSA) is 55.4 Å². The molecule has 4 nitrogen and oxygen atoms in total. The number of carbonyl (C=O) groups excluding carboxylic acids is 2. The van der Waals surface area contributed by atoms with Gasteiger partial charge in [-0.25, -0.2) is 4.39 Å². The predicted molar refractivity (Wildman–Crippen MR) is 89.0 cm³/mol. The number of carbonyl (C=O) groups is 2. The molecule has 126 valence electrons. The minimum atomic E-state index is -0.980. The van der Waals surface area contributed by atoms with E-state index in [0.717, 1.165) is 5.56 Å². The molecule has 0 heterocycles. The minimum Gasteiger partial charge on any atom is -0.452 e. The smallest absolute Gasteiger partial charge is 0.311 e. The average molecular weight is 350 g/mol. The van der Waals surface area contributed by atoms with E-state index in [1.54, 1.807) is 24.3 Å². The van der Waals surface area contributed by atoms with Crippen LogP contribution in [0.3, 0.4) is 0 Å². The monoisotopic (exact) mass is 349 g/mol. The van der Waals surface area contributed by atoms with Gasteiger partial charge in [0.25, 0.3) is 5.91 Å². The molecule has 24 heavy (non-hydrogen) atoms. The Balaban J connectivity index is 1.84. The quantitative estimate of drug-likeness (QED) is 0.814. The van der Waals surface area contributed by atoms with Crippen molar-refractivity contribution in [3.63, 3.8) is 0 Å². The highest BCUT2D eigenvalue weighted by molar-refractivity contribution is 6.31. The standard InChI is InChI=1S/C18H17ClFNO3/c1-12(18(23)21-11-14-7-2-4-8-15(14)19)24-17(22)10-13-6-3-5-9-16(13)20/h2-9,12H,10-11H2,1H3,(H,21,23)/t12-/m0/s1. The molecule has 2 aromatic rings. The molecule has 0 aliphatic rings. The number of halogens is 2. The van der Waals surface area contributed by atoms with E-state index in [4.69, 9.17) is 16.3 Å². The Kier molecular flexibility index (Phi) is 6.32. The van der Waals surface area contributed by atoms with Crippen molar-refractivity contribution in [2.24, 2.45) is 0 Å². The first kappa shape index (κ1) is 17.9. The Morgan fingerprint density at radius 2 is 1.75 bits per heavy atom. The van der Waals surface area contributed by atoms with Gasteiger partial charge in [-0.05, 0) is 30.2 Å². The lowest BCUT2D eigenvalue weighted by Gasteiger charge is -2.14. The molecule has 0 aliphatic carbocycles. The number of benzene rings is 2. The van der Waals surface area contributed by atoms with Crippen LogP contribution in [0.1, 0.15) is 18.1 Å². The highest BCUT2D eigenvalue weighted by Crippen LogP contribution is 2.14. The van der Waals surface area contributed by atoms with E-state index in [1.807, 2.05) is 6.07 Å². The highest BCUT2D eigenvalue weighted by Gasteiger charge is 2.18. The molecule has 0 spiro atoms.